The number of fused-ring (bicyclic) bond motifs is 3. The van der Waals surface area contributed by atoms with Gasteiger partial charge in [0.2, 0.25) is 11.8 Å². The van der Waals surface area contributed by atoms with Crippen LogP contribution in [0.1, 0.15) is 74.0 Å². The lowest BCUT2D eigenvalue weighted by Gasteiger charge is -2.35. The Balaban J connectivity index is 0.000000315. The van der Waals surface area contributed by atoms with Gasteiger partial charge in [-0.2, -0.15) is 0 Å². The van der Waals surface area contributed by atoms with Crippen LogP contribution in [0.2, 0.25) is 0 Å². The summed E-state index contributed by atoms with van der Waals surface area (Å²) in [7, 11) is 3.53. The third-order valence-corrected chi connectivity index (χ3v) is 9.37. The van der Waals surface area contributed by atoms with Crippen molar-refractivity contribution in [2.45, 2.75) is 80.8 Å². The van der Waals surface area contributed by atoms with Gasteiger partial charge >= 0.3 is 17.9 Å². The van der Waals surface area contributed by atoms with Crippen LogP contribution in [0.25, 0.3) is 0 Å². The van der Waals surface area contributed by atoms with Crippen molar-refractivity contribution in [1.82, 2.24) is 10.2 Å². The van der Waals surface area contributed by atoms with E-state index >= 15 is 0 Å². The highest BCUT2D eigenvalue weighted by Gasteiger charge is 2.44. The molecule has 2 heterocycles. The highest BCUT2D eigenvalue weighted by Crippen LogP contribution is 2.52. The van der Waals surface area contributed by atoms with Crippen LogP contribution < -0.4 is 10.2 Å². The zero-order chi connectivity index (χ0) is 33.6. The second-order valence-electron chi connectivity index (χ2n) is 12.7. The van der Waals surface area contributed by atoms with Gasteiger partial charge in [0.1, 0.15) is 6.04 Å². The van der Waals surface area contributed by atoms with Gasteiger partial charge in [-0.15, -0.1) is 0 Å². The number of hydrogen-bond acceptors (Lipinski definition) is 7. The molecule has 0 aromatic heterocycles. The van der Waals surface area contributed by atoms with E-state index in [-0.39, 0.29) is 11.8 Å². The number of aliphatic hydroxyl groups is 1. The molecule has 2 aromatic rings. The largest absolute Gasteiger partial charge is 0.481 e. The van der Waals surface area contributed by atoms with Crippen molar-refractivity contribution in [1.29, 1.82) is 0 Å². The van der Waals surface area contributed by atoms with Crippen molar-refractivity contribution in [3.05, 3.63) is 65.2 Å². The van der Waals surface area contributed by atoms with E-state index < -0.39 is 42.4 Å². The number of likely N-dealkylation sites (N-methyl/N-ethyl adjacent to an activating group) is 1. The SMILES string of the molecule is CN(C)C(=O)[C@@H]1Cc2ccccc2N1C(=O)CCCC1CC2(CCNCC2)c2ccccc21.O=C(O)CC(O)(CC(=O)O)C(=O)O. The fourth-order valence-corrected chi connectivity index (χ4v) is 7.19. The summed E-state index contributed by atoms with van der Waals surface area (Å²) < 4.78 is 0. The first-order chi connectivity index (χ1) is 21.8. The number of anilines is 1. The van der Waals surface area contributed by atoms with Gasteiger partial charge in [0.25, 0.3) is 0 Å². The molecule has 0 bridgehead atoms. The molecule has 5 N–H and O–H groups in total. The summed E-state index contributed by atoms with van der Waals surface area (Å²) in [4.78, 5) is 60.1. The summed E-state index contributed by atoms with van der Waals surface area (Å²) in [5.74, 6) is -4.42. The van der Waals surface area contributed by atoms with E-state index in [4.69, 9.17) is 20.4 Å². The van der Waals surface area contributed by atoms with Crippen LogP contribution in [-0.2, 0) is 35.8 Å². The molecule has 3 aliphatic rings. The Morgan fingerprint density at radius 2 is 1.54 bits per heavy atom. The van der Waals surface area contributed by atoms with E-state index in [2.05, 4.69) is 29.6 Å². The van der Waals surface area contributed by atoms with E-state index in [0.717, 1.165) is 37.2 Å². The Hall–Kier alpha value is -4.29. The van der Waals surface area contributed by atoms with Crippen LogP contribution in [0.15, 0.2) is 48.5 Å². The number of nitrogens with zero attached hydrogens (tertiary/aromatic N) is 2. The minimum Gasteiger partial charge on any atom is -0.481 e. The lowest BCUT2D eigenvalue weighted by atomic mass is 9.73. The van der Waals surface area contributed by atoms with Crippen molar-refractivity contribution in [2.24, 2.45) is 0 Å². The van der Waals surface area contributed by atoms with Crippen molar-refractivity contribution in [3.8, 4) is 0 Å². The molecule has 12 heteroatoms. The Bertz CT molecular complexity index is 1450. The smallest absolute Gasteiger partial charge is 0.336 e. The zero-order valence-corrected chi connectivity index (χ0v) is 26.3. The molecular weight excluding hydrogens is 594 g/mol. The normalized spacial score (nSPS) is 19.4. The second-order valence-corrected chi connectivity index (χ2v) is 12.7. The number of hydrogen-bond donors (Lipinski definition) is 5. The first-order valence-electron chi connectivity index (χ1n) is 15.6. The van der Waals surface area contributed by atoms with Crippen molar-refractivity contribution in [3.63, 3.8) is 0 Å². The van der Waals surface area contributed by atoms with E-state index in [9.17, 15) is 24.0 Å². The maximum atomic E-state index is 13.4. The van der Waals surface area contributed by atoms with Gasteiger partial charge in [-0.1, -0.05) is 42.5 Å². The summed E-state index contributed by atoms with van der Waals surface area (Å²) in [6.45, 7) is 2.18. The summed E-state index contributed by atoms with van der Waals surface area (Å²) in [5.41, 5.74) is 2.61. The predicted octanol–water partition coefficient (Wildman–Crippen LogP) is 2.76. The number of aliphatic carboxylic acids is 3. The Morgan fingerprint density at radius 1 is 0.935 bits per heavy atom. The number of para-hydroxylation sites is 1. The van der Waals surface area contributed by atoms with Gasteiger partial charge in [-0.25, -0.2) is 4.79 Å². The highest BCUT2D eigenvalue weighted by molar-refractivity contribution is 6.03. The third-order valence-electron chi connectivity index (χ3n) is 9.37. The maximum Gasteiger partial charge on any atom is 0.336 e. The summed E-state index contributed by atoms with van der Waals surface area (Å²) in [5, 5.41) is 37.3. The third kappa shape index (κ3) is 7.56. The van der Waals surface area contributed by atoms with Crippen LogP contribution >= 0.6 is 0 Å². The molecule has 248 valence electrons. The summed E-state index contributed by atoms with van der Waals surface area (Å²) in [6, 6.07) is 16.5. The Morgan fingerprint density at radius 3 is 2.15 bits per heavy atom. The fraction of sp³-hybridized carbons (Fsp3) is 0.500. The van der Waals surface area contributed by atoms with Crippen molar-refractivity contribution < 1.29 is 44.4 Å². The molecule has 2 aromatic carbocycles. The molecule has 1 saturated heterocycles. The number of piperidine rings is 1. The molecule has 0 radical (unpaired) electrons. The van der Waals surface area contributed by atoms with Gasteiger partial charge in [0.15, 0.2) is 5.60 Å². The predicted molar refractivity (Wildman–Crippen MR) is 169 cm³/mol. The fourth-order valence-electron chi connectivity index (χ4n) is 7.19. The molecule has 1 fully saturated rings. The first-order valence-corrected chi connectivity index (χ1v) is 15.6. The molecule has 0 saturated carbocycles. The van der Waals surface area contributed by atoms with E-state index in [1.165, 1.54) is 24.8 Å². The van der Waals surface area contributed by atoms with E-state index in [1.807, 2.05) is 24.3 Å². The second kappa shape index (κ2) is 14.4. The molecular formula is C34H43N3O9. The van der Waals surface area contributed by atoms with Gasteiger partial charge in [-0.05, 0) is 79.3 Å². The quantitative estimate of drug-likeness (QED) is 0.260. The molecule has 5 rings (SSSR count). The number of amides is 2. The first kappa shape index (κ1) is 34.6. The average Bonchev–Trinajstić information content (AvgIpc) is 3.53. The molecule has 46 heavy (non-hydrogen) atoms. The highest BCUT2D eigenvalue weighted by atomic mass is 16.4. The lowest BCUT2D eigenvalue weighted by Crippen LogP contribution is -2.47. The van der Waals surface area contributed by atoms with Gasteiger partial charge in [0.05, 0.1) is 12.8 Å². The zero-order valence-electron chi connectivity index (χ0n) is 26.3. The number of nitrogens with one attached hydrogen (secondary N) is 1. The summed E-state index contributed by atoms with van der Waals surface area (Å²) in [6.07, 6.45) is 4.30. The Kier molecular flexibility index (Phi) is 10.8. The number of carboxylic acid groups (broad SMARTS) is 3. The number of carbonyl (C=O) groups excluding carboxylic acids is 2. The molecule has 1 unspecified atom stereocenters. The number of rotatable bonds is 10. The van der Waals surface area contributed by atoms with Crippen molar-refractivity contribution in [2.75, 3.05) is 32.1 Å². The van der Waals surface area contributed by atoms with Gasteiger partial charge in [-0.3, -0.25) is 24.1 Å². The maximum absolute atomic E-state index is 13.4. The molecule has 2 atom stereocenters. The lowest BCUT2D eigenvalue weighted by molar-refractivity contribution is -0.170. The van der Waals surface area contributed by atoms with Gasteiger partial charge < -0.3 is 30.6 Å². The molecule has 2 amide bonds. The average molecular weight is 638 g/mol. The van der Waals surface area contributed by atoms with Crippen LogP contribution in [-0.4, -0.2) is 93.9 Å². The molecule has 2 aliphatic heterocycles. The van der Waals surface area contributed by atoms with Crippen LogP contribution in [0.4, 0.5) is 5.69 Å². The van der Waals surface area contributed by atoms with Crippen LogP contribution in [0.5, 0.6) is 0 Å². The van der Waals surface area contributed by atoms with Crippen LogP contribution in [0.3, 0.4) is 0 Å². The van der Waals surface area contributed by atoms with Crippen LogP contribution in [0, 0.1) is 0 Å². The topological polar surface area (TPSA) is 185 Å². The van der Waals surface area contributed by atoms with E-state index in [0.29, 0.717) is 24.2 Å². The van der Waals surface area contributed by atoms with Crippen molar-refractivity contribution >= 4 is 35.4 Å². The minimum atomic E-state index is -2.74. The molecule has 1 aliphatic carbocycles. The molecule has 1 spiro atoms. The standard InChI is InChI=1S/C28H35N3O2.C6H8O7/c1-30(2)27(33)25-18-20-8-3-6-12-24(20)31(25)26(32)13-7-9-21-19-28(14-16-29-17-15-28)23-11-5-4-10-22(21)23;7-3(8)1-6(13,5(11)12)2-4(9)10/h3-6,8,10-12,21,25,29H,7,9,13-19H2,1-2H3;13H,1-2H2,(H,7,8)(H,9,10)(H,11,12)/t21?,25-;/m0./s1. The minimum absolute atomic E-state index is 0.00267. The van der Waals surface area contributed by atoms with E-state index in [1.54, 1.807) is 29.5 Å². The molecule has 12 nitrogen and oxygen atoms in total. The van der Waals surface area contributed by atoms with Gasteiger partial charge in [0, 0.05) is 32.6 Å². The monoisotopic (exact) mass is 637 g/mol. The summed E-state index contributed by atoms with van der Waals surface area (Å²) >= 11 is 0. The number of carbonyl (C=O) groups is 5. The number of carboxylic acids is 3. The Labute approximate surface area is 268 Å². The number of benzene rings is 2.